The Morgan fingerprint density at radius 2 is 2.31 bits per heavy atom. The monoisotopic (exact) mass is 221 g/mol. The van der Waals surface area contributed by atoms with Crippen LogP contribution in [0.1, 0.15) is 25.3 Å². The van der Waals surface area contributed by atoms with Gasteiger partial charge in [0.15, 0.2) is 5.82 Å². The smallest absolute Gasteiger partial charge is 0.156 e. The van der Waals surface area contributed by atoms with Gasteiger partial charge in [-0.3, -0.25) is 10.8 Å². The second kappa shape index (κ2) is 4.61. The maximum Gasteiger partial charge on any atom is 0.156 e. The summed E-state index contributed by atoms with van der Waals surface area (Å²) in [5, 5.41) is 0. The largest absolute Gasteiger partial charge is 0.321 e. The Kier molecular flexibility index (Phi) is 3.19. The SMILES string of the molecule is CC1CCC(c2cccc(NN)c2F)=NC1. The van der Waals surface area contributed by atoms with E-state index in [0.717, 1.165) is 25.1 Å². The molecule has 1 heterocycles. The molecule has 0 aliphatic carbocycles. The molecule has 0 spiro atoms. The van der Waals surface area contributed by atoms with E-state index in [1.54, 1.807) is 18.2 Å². The molecule has 1 aliphatic heterocycles. The van der Waals surface area contributed by atoms with Gasteiger partial charge in [-0.05, 0) is 24.8 Å². The number of anilines is 1. The van der Waals surface area contributed by atoms with Crippen LogP contribution in [0.15, 0.2) is 23.2 Å². The molecule has 1 aromatic rings. The van der Waals surface area contributed by atoms with E-state index in [4.69, 9.17) is 5.84 Å². The van der Waals surface area contributed by atoms with Gasteiger partial charge in [0, 0.05) is 17.8 Å². The Morgan fingerprint density at radius 1 is 1.50 bits per heavy atom. The number of aliphatic imine (C=N–C) groups is 1. The van der Waals surface area contributed by atoms with Crippen LogP contribution >= 0.6 is 0 Å². The molecule has 3 N–H and O–H groups in total. The Balaban J connectivity index is 2.34. The van der Waals surface area contributed by atoms with Crippen molar-refractivity contribution in [3.05, 3.63) is 29.6 Å². The van der Waals surface area contributed by atoms with Crippen molar-refractivity contribution in [3.63, 3.8) is 0 Å². The van der Waals surface area contributed by atoms with Crippen molar-refractivity contribution in [1.82, 2.24) is 0 Å². The highest BCUT2D eigenvalue weighted by Crippen LogP contribution is 2.23. The zero-order chi connectivity index (χ0) is 11.5. The van der Waals surface area contributed by atoms with Gasteiger partial charge in [0.2, 0.25) is 0 Å². The molecule has 0 amide bonds. The summed E-state index contributed by atoms with van der Waals surface area (Å²) in [6.45, 7) is 2.95. The number of halogens is 1. The third-order valence-corrected chi connectivity index (χ3v) is 2.93. The molecule has 0 saturated heterocycles. The summed E-state index contributed by atoms with van der Waals surface area (Å²) in [6, 6.07) is 5.16. The molecule has 0 radical (unpaired) electrons. The molecular weight excluding hydrogens is 205 g/mol. The van der Waals surface area contributed by atoms with Crippen molar-refractivity contribution >= 4 is 11.4 Å². The van der Waals surface area contributed by atoms with Crippen molar-refractivity contribution in [1.29, 1.82) is 0 Å². The van der Waals surface area contributed by atoms with Crippen LogP contribution in [0, 0.1) is 11.7 Å². The van der Waals surface area contributed by atoms with Crippen LogP contribution in [0.4, 0.5) is 10.1 Å². The third kappa shape index (κ3) is 2.07. The number of nitrogen functional groups attached to an aromatic ring is 1. The Morgan fingerprint density at radius 3 is 2.94 bits per heavy atom. The average molecular weight is 221 g/mol. The summed E-state index contributed by atoms with van der Waals surface area (Å²) in [4.78, 5) is 4.43. The summed E-state index contributed by atoms with van der Waals surface area (Å²) in [5.41, 5.74) is 4.10. The molecule has 1 aromatic carbocycles. The van der Waals surface area contributed by atoms with Gasteiger partial charge in [0.1, 0.15) is 0 Å². The van der Waals surface area contributed by atoms with Crippen LogP contribution in [-0.2, 0) is 0 Å². The van der Waals surface area contributed by atoms with E-state index in [1.165, 1.54) is 0 Å². The van der Waals surface area contributed by atoms with Crippen LogP contribution in [0.2, 0.25) is 0 Å². The van der Waals surface area contributed by atoms with Crippen LogP contribution in [0.5, 0.6) is 0 Å². The number of nitrogens with two attached hydrogens (primary N) is 1. The highest BCUT2D eigenvalue weighted by molar-refractivity contribution is 6.01. The Bertz CT molecular complexity index is 415. The van der Waals surface area contributed by atoms with Gasteiger partial charge < -0.3 is 5.43 Å². The molecule has 4 heteroatoms. The zero-order valence-electron chi connectivity index (χ0n) is 9.33. The van der Waals surface area contributed by atoms with Crippen LogP contribution in [0.3, 0.4) is 0 Å². The molecule has 3 nitrogen and oxygen atoms in total. The predicted molar refractivity (Wildman–Crippen MR) is 64.0 cm³/mol. The first-order valence-corrected chi connectivity index (χ1v) is 5.51. The zero-order valence-corrected chi connectivity index (χ0v) is 9.33. The first kappa shape index (κ1) is 11.1. The standard InChI is InChI=1S/C12H16FN3/c1-8-5-6-10(15-7-8)9-3-2-4-11(16-14)12(9)13/h2-4,8,16H,5-7,14H2,1H3. The molecule has 2 rings (SSSR count). The number of hydrogen-bond donors (Lipinski definition) is 2. The fourth-order valence-corrected chi connectivity index (χ4v) is 1.91. The van der Waals surface area contributed by atoms with Crippen molar-refractivity contribution < 1.29 is 4.39 Å². The summed E-state index contributed by atoms with van der Waals surface area (Å²) in [7, 11) is 0. The van der Waals surface area contributed by atoms with Gasteiger partial charge >= 0.3 is 0 Å². The van der Waals surface area contributed by atoms with Crippen molar-refractivity contribution in [2.24, 2.45) is 16.8 Å². The van der Waals surface area contributed by atoms with E-state index < -0.39 is 0 Å². The van der Waals surface area contributed by atoms with Crippen molar-refractivity contribution in [2.75, 3.05) is 12.0 Å². The summed E-state index contributed by atoms with van der Waals surface area (Å²) in [6.07, 6.45) is 1.91. The maximum absolute atomic E-state index is 13.9. The number of nitrogens with zero attached hydrogens (tertiary/aromatic N) is 1. The predicted octanol–water partition coefficient (Wildman–Crippen LogP) is 2.33. The van der Waals surface area contributed by atoms with E-state index in [9.17, 15) is 4.39 Å². The molecule has 1 unspecified atom stereocenters. The third-order valence-electron chi connectivity index (χ3n) is 2.93. The Labute approximate surface area is 94.5 Å². The van der Waals surface area contributed by atoms with Crippen molar-refractivity contribution in [2.45, 2.75) is 19.8 Å². The summed E-state index contributed by atoms with van der Waals surface area (Å²) in [5.74, 6) is 5.53. The fourth-order valence-electron chi connectivity index (χ4n) is 1.91. The number of nitrogens with one attached hydrogen (secondary N) is 1. The fraction of sp³-hybridized carbons (Fsp3) is 0.417. The normalized spacial score (nSPS) is 20.4. The van der Waals surface area contributed by atoms with E-state index in [1.807, 2.05) is 0 Å². The molecule has 86 valence electrons. The summed E-state index contributed by atoms with van der Waals surface area (Å²) < 4.78 is 13.9. The molecule has 16 heavy (non-hydrogen) atoms. The van der Waals surface area contributed by atoms with Crippen LogP contribution in [-0.4, -0.2) is 12.3 Å². The number of benzene rings is 1. The lowest BCUT2D eigenvalue weighted by molar-refractivity contribution is 0.536. The molecule has 0 bridgehead atoms. The lowest BCUT2D eigenvalue weighted by atomic mass is 9.95. The average Bonchev–Trinajstić information content (AvgIpc) is 2.31. The minimum atomic E-state index is -0.307. The van der Waals surface area contributed by atoms with Gasteiger partial charge in [-0.2, -0.15) is 0 Å². The van der Waals surface area contributed by atoms with Crippen molar-refractivity contribution in [3.8, 4) is 0 Å². The molecular formula is C12H16FN3. The number of rotatable bonds is 2. The van der Waals surface area contributed by atoms with Crippen LogP contribution < -0.4 is 11.3 Å². The first-order valence-electron chi connectivity index (χ1n) is 5.51. The highest BCUT2D eigenvalue weighted by Gasteiger charge is 2.17. The second-order valence-corrected chi connectivity index (χ2v) is 4.24. The molecule has 1 aliphatic rings. The lowest BCUT2D eigenvalue weighted by Gasteiger charge is -2.18. The van der Waals surface area contributed by atoms with Crippen LogP contribution in [0.25, 0.3) is 0 Å². The number of hydrogen-bond acceptors (Lipinski definition) is 3. The molecule has 0 aromatic heterocycles. The lowest BCUT2D eigenvalue weighted by Crippen LogP contribution is -2.17. The maximum atomic E-state index is 13.9. The molecule has 0 saturated carbocycles. The number of hydrazine groups is 1. The highest BCUT2D eigenvalue weighted by atomic mass is 19.1. The van der Waals surface area contributed by atoms with Gasteiger partial charge in [0.25, 0.3) is 0 Å². The first-order chi connectivity index (χ1) is 7.72. The van der Waals surface area contributed by atoms with Gasteiger partial charge in [-0.1, -0.05) is 19.1 Å². The topological polar surface area (TPSA) is 50.4 Å². The van der Waals surface area contributed by atoms with Gasteiger partial charge in [-0.25, -0.2) is 4.39 Å². The second-order valence-electron chi connectivity index (χ2n) is 4.24. The van der Waals surface area contributed by atoms with E-state index in [2.05, 4.69) is 17.3 Å². The van der Waals surface area contributed by atoms with Gasteiger partial charge in [-0.15, -0.1) is 0 Å². The van der Waals surface area contributed by atoms with Gasteiger partial charge in [0.05, 0.1) is 5.69 Å². The summed E-state index contributed by atoms with van der Waals surface area (Å²) >= 11 is 0. The van der Waals surface area contributed by atoms with E-state index in [0.29, 0.717) is 17.2 Å². The minimum Gasteiger partial charge on any atom is -0.321 e. The quantitative estimate of drug-likeness (QED) is 0.595. The Hall–Kier alpha value is -1.42. The van der Waals surface area contributed by atoms with E-state index >= 15 is 0 Å². The molecule has 1 atom stereocenters. The minimum absolute atomic E-state index is 0.307. The molecule has 0 fully saturated rings. The van der Waals surface area contributed by atoms with E-state index in [-0.39, 0.29) is 5.82 Å².